The fourth-order valence-electron chi connectivity index (χ4n) is 1.65. The highest BCUT2D eigenvalue weighted by atomic mass is 19.1. The van der Waals surface area contributed by atoms with E-state index in [4.69, 9.17) is 0 Å². The Morgan fingerprint density at radius 3 is 2.82 bits per heavy atom. The van der Waals surface area contributed by atoms with Crippen molar-refractivity contribution in [2.75, 3.05) is 19.6 Å². The topological polar surface area (TPSA) is 56.6 Å². The fraction of sp³-hybridized carbons (Fsp3) is 0.417. The van der Waals surface area contributed by atoms with Crippen molar-refractivity contribution in [3.05, 3.63) is 35.6 Å². The van der Waals surface area contributed by atoms with Gasteiger partial charge in [-0.1, -0.05) is 12.1 Å². The third-order valence-corrected chi connectivity index (χ3v) is 2.61. The van der Waals surface area contributed by atoms with Gasteiger partial charge in [-0.3, -0.25) is 4.99 Å². The molecule has 0 bridgehead atoms. The highest BCUT2D eigenvalue weighted by molar-refractivity contribution is 5.80. The molecule has 0 aromatic heterocycles. The van der Waals surface area contributed by atoms with Crippen LogP contribution in [-0.4, -0.2) is 30.7 Å². The van der Waals surface area contributed by atoms with Gasteiger partial charge in [0.2, 0.25) is 0 Å². The number of guanidine groups is 1. The molecule has 0 fully saturated rings. The Morgan fingerprint density at radius 1 is 1.41 bits per heavy atom. The van der Waals surface area contributed by atoms with Gasteiger partial charge in [0.15, 0.2) is 5.96 Å². The maximum absolute atomic E-state index is 12.7. The molecule has 92 valence electrons. The predicted octanol–water partition coefficient (Wildman–Crippen LogP) is 0.798. The Balaban J connectivity index is 1.86. The molecule has 0 spiro atoms. The van der Waals surface area contributed by atoms with E-state index >= 15 is 0 Å². The molecule has 17 heavy (non-hydrogen) atoms. The zero-order valence-electron chi connectivity index (χ0n) is 9.49. The smallest absolute Gasteiger partial charge is 0.191 e. The third-order valence-electron chi connectivity index (χ3n) is 2.61. The standard InChI is InChI=1S/C12H16FN3O/c13-10-4-2-9(3-5-10)11(17)8-16-12-14-6-1-7-15-12/h2-5,11,17H,1,6-8H2,(H2,14,15,16)/t11-/m0/s1. The first kappa shape index (κ1) is 11.9. The van der Waals surface area contributed by atoms with Crippen molar-refractivity contribution >= 4 is 5.96 Å². The van der Waals surface area contributed by atoms with E-state index in [2.05, 4.69) is 15.6 Å². The zero-order chi connectivity index (χ0) is 12.1. The summed E-state index contributed by atoms with van der Waals surface area (Å²) in [7, 11) is 0. The molecule has 1 aliphatic rings. The molecular formula is C12H16FN3O. The number of nitrogens with zero attached hydrogens (tertiary/aromatic N) is 1. The van der Waals surface area contributed by atoms with Crippen molar-refractivity contribution in [1.82, 2.24) is 10.6 Å². The number of benzene rings is 1. The highest BCUT2D eigenvalue weighted by Crippen LogP contribution is 2.12. The van der Waals surface area contributed by atoms with Crippen LogP contribution in [0.2, 0.25) is 0 Å². The second-order valence-corrected chi connectivity index (χ2v) is 3.96. The lowest BCUT2D eigenvalue weighted by atomic mass is 10.1. The second kappa shape index (κ2) is 5.63. The molecule has 0 saturated heterocycles. The summed E-state index contributed by atoms with van der Waals surface area (Å²) in [5.74, 6) is 0.421. The number of hydrogen-bond acceptors (Lipinski definition) is 4. The van der Waals surface area contributed by atoms with Gasteiger partial charge < -0.3 is 15.7 Å². The molecule has 1 aromatic rings. The highest BCUT2D eigenvalue weighted by Gasteiger charge is 2.09. The Bertz CT molecular complexity index is 391. The summed E-state index contributed by atoms with van der Waals surface area (Å²) in [5, 5.41) is 16.0. The van der Waals surface area contributed by atoms with Gasteiger partial charge in [-0.25, -0.2) is 4.39 Å². The van der Waals surface area contributed by atoms with Gasteiger partial charge in [-0.15, -0.1) is 0 Å². The van der Waals surface area contributed by atoms with Crippen LogP contribution in [0, 0.1) is 5.82 Å². The lowest BCUT2D eigenvalue weighted by Gasteiger charge is -2.18. The maximum atomic E-state index is 12.7. The van der Waals surface area contributed by atoms with E-state index in [1.54, 1.807) is 12.1 Å². The Kier molecular flexibility index (Phi) is 3.93. The summed E-state index contributed by atoms with van der Waals surface area (Å²) in [6.07, 6.45) is 0.369. The van der Waals surface area contributed by atoms with Gasteiger partial charge in [-0.05, 0) is 24.1 Å². The van der Waals surface area contributed by atoms with Crippen molar-refractivity contribution in [3.63, 3.8) is 0 Å². The van der Waals surface area contributed by atoms with E-state index in [1.807, 2.05) is 0 Å². The van der Waals surface area contributed by atoms with Gasteiger partial charge in [0.1, 0.15) is 5.82 Å². The summed E-state index contributed by atoms with van der Waals surface area (Å²) in [6.45, 7) is 2.07. The van der Waals surface area contributed by atoms with Gasteiger partial charge in [0.05, 0.1) is 6.10 Å². The van der Waals surface area contributed by atoms with Gasteiger partial charge >= 0.3 is 0 Å². The van der Waals surface area contributed by atoms with Gasteiger partial charge in [0.25, 0.3) is 0 Å². The third kappa shape index (κ3) is 3.42. The lowest BCUT2D eigenvalue weighted by molar-refractivity contribution is 0.180. The van der Waals surface area contributed by atoms with Crippen LogP contribution in [0.25, 0.3) is 0 Å². The second-order valence-electron chi connectivity index (χ2n) is 3.96. The first-order chi connectivity index (χ1) is 8.25. The molecule has 0 radical (unpaired) electrons. The quantitative estimate of drug-likeness (QED) is 0.728. The minimum absolute atomic E-state index is 0.299. The number of aliphatic hydroxyl groups excluding tert-OH is 1. The first-order valence-corrected chi connectivity index (χ1v) is 5.71. The van der Waals surface area contributed by atoms with Crippen LogP contribution in [0.5, 0.6) is 0 Å². The fourth-order valence-corrected chi connectivity index (χ4v) is 1.65. The summed E-state index contributed by atoms with van der Waals surface area (Å²) in [4.78, 5) is 4.23. The summed E-state index contributed by atoms with van der Waals surface area (Å²) < 4.78 is 12.7. The van der Waals surface area contributed by atoms with Gasteiger partial charge in [-0.2, -0.15) is 0 Å². The van der Waals surface area contributed by atoms with Crippen molar-refractivity contribution in [2.24, 2.45) is 4.99 Å². The normalized spacial score (nSPS) is 16.9. The van der Waals surface area contributed by atoms with E-state index in [1.165, 1.54) is 12.1 Å². The minimum Gasteiger partial charge on any atom is -0.387 e. The summed E-state index contributed by atoms with van der Waals surface area (Å²) in [6, 6.07) is 5.85. The monoisotopic (exact) mass is 237 g/mol. The number of aliphatic hydroxyl groups is 1. The van der Waals surface area contributed by atoms with Crippen LogP contribution >= 0.6 is 0 Å². The average molecular weight is 237 g/mol. The van der Waals surface area contributed by atoms with Crippen molar-refractivity contribution in [3.8, 4) is 0 Å². The number of rotatable bonds is 3. The Labute approximate surface area is 99.6 Å². The zero-order valence-corrected chi connectivity index (χ0v) is 9.49. The molecule has 3 N–H and O–H groups in total. The minimum atomic E-state index is -0.665. The SMILES string of the molecule is O[C@@H](CNC1=NCCCN1)c1ccc(F)cc1. The van der Waals surface area contributed by atoms with E-state index in [0.29, 0.717) is 12.1 Å². The van der Waals surface area contributed by atoms with Crippen molar-refractivity contribution in [1.29, 1.82) is 0 Å². The van der Waals surface area contributed by atoms with Crippen molar-refractivity contribution in [2.45, 2.75) is 12.5 Å². The number of nitrogens with one attached hydrogen (secondary N) is 2. The van der Waals surface area contributed by atoms with Gasteiger partial charge in [0, 0.05) is 19.6 Å². The summed E-state index contributed by atoms with van der Waals surface area (Å²) in [5.41, 5.74) is 0.690. The van der Waals surface area contributed by atoms with E-state index < -0.39 is 6.10 Å². The molecule has 0 aliphatic carbocycles. The number of aliphatic imine (C=N–C) groups is 1. The molecule has 1 aliphatic heterocycles. The molecule has 1 aromatic carbocycles. The van der Waals surface area contributed by atoms with E-state index in [0.717, 1.165) is 25.5 Å². The van der Waals surface area contributed by atoms with Crippen molar-refractivity contribution < 1.29 is 9.50 Å². The average Bonchev–Trinajstić information content (AvgIpc) is 2.38. The summed E-state index contributed by atoms with van der Waals surface area (Å²) >= 11 is 0. The molecule has 2 rings (SSSR count). The van der Waals surface area contributed by atoms with Crippen LogP contribution in [0.3, 0.4) is 0 Å². The van der Waals surface area contributed by atoms with E-state index in [-0.39, 0.29) is 5.82 Å². The lowest BCUT2D eigenvalue weighted by Crippen LogP contribution is -2.42. The molecule has 4 nitrogen and oxygen atoms in total. The van der Waals surface area contributed by atoms with Crippen LogP contribution in [-0.2, 0) is 0 Å². The molecule has 5 heteroatoms. The molecule has 0 saturated carbocycles. The molecule has 0 unspecified atom stereocenters. The Morgan fingerprint density at radius 2 is 2.18 bits per heavy atom. The van der Waals surface area contributed by atoms with E-state index in [9.17, 15) is 9.50 Å². The number of halogens is 1. The molecule has 1 atom stereocenters. The van der Waals surface area contributed by atoms with Crippen LogP contribution in [0.15, 0.2) is 29.3 Å². The molecular weight excluding hydrogens is 221 g/mol. The molecule has 0 amide bonds. The number of hydrogen-bond donors (Lipinski definition) is 3. The van der Waals surface area contributed by atoms with Crippen LogP contribution in [0.1, 0.15) is 18.1 Å². The maximum Gasteiger partial charge on any atom is 0.191 e. The first-order valence-electron chi connectivity index (χ1n) is 5.71. The largest absolute Gasteiger partial charge is 0.387 e. The van der Waals surface area contributed by atoms with Crippen LogP contribution in [0.4, 0.5) is 4.39 Å². The Hall–Kier alpha value is -1.62. The van der Waals surface area contributed by atoms with Crippen LogP contribution < -0.4 is 10.6 Å². The predicted molar refractivity (Wildman–Crippen MR) is 64.3 cm³/mol. The molecule has 1 heterocycles.